The zero-order valence-corrected chi connectivity index (χ0v) is 15.7. The van der Waals surface area contributed by atoms with Gasteiger partial charge in [0.25, 0.3) is 0 Å². The Morgan fingerprint density at radius 2 is 2.19 bits per heavy atom. The Kier molecular flexibility index (Phi) is 5.38. The molecule has 0 saturated carbocycles. The number of benzene rings is 1. The molecule has 0 unspecified atom stereocenters. The number of hydrogen-bond acceptors (Lipinski definition) is 5. The maximum Gasteiger partial charge on any atom is 0.323 e. The van der Waals surface area contributed by atoms with E-state index in [2.05, 4.69) is 26.3 Å². The first kappa shape index (κ1) is 18.0. The van der Waals surface area contributed by atoms with Crippen LogP contribution in [0.15, 0.2) is 40.5 Å². The van der Waals surface area contributed by atoms with Gasteiger partial charge < -0.3 is 20.0 Å². The largest absolute Gasteiger partial charge is 0.377 e. The standard InChI is InChI=1S/C19H22N4O3S/c24-18(20-13-5-6-16-17(9-13)22-19(25)21-16)12-23(10-14-3-1-7-26-14)11-15-4-2-8-27-15/h2,4-6,8-9,14H,1,3,7,10-12H2,(H,20,24)(H2,21,22,25)/t14-/m0/s1. The van der Waals surface area contributed by atoms with E-state index in [9.17, 15) is 9.59 Å². The molecule has 3 aromatic rings. The molecule has 7 nitrogen and oxygen atoms in total. The van der Waals surface area contributed by atoms with Gasteiger partial charge in [0.15, 0.2) is 0 Å². The van der Waals surface area contributed by atoms with Gasteiger partial charge in [0.2, 0.25) is 5.91 Å². The molecule has 0 aliphatic carbocycles. The van der Waals surface area contributed by atoms with Crippen molar-refractivity contribution >= 4 is 34.0 Å². The molecule has 1 amide bonds. The zero-order valence-electron chi connectivity index (χ0n) is 14.9. The second-order valence-corrected chi connectivity index (χ2v) is 7.80. The average Bonchev–Trinajstić information content (AvgIpc) is 3.36. The number of aromatic nitrogens is 2. The van der Waals surface area contributed by atoms with E-state index in [1.165, 1.54) is 4.88 Å². The van der Waals surface area contributed by atoms with Crippen LogP contribution in [0.2, 0.25) is 0 Å². The highest BCUT2D eigenvalue weighted by molar-refractivity contribution is 7.09. The smallest absolute Gasteiger partial charge is 0.323 e. The summed E-state index contributed by atoms with van der Waals surface area (Å²) in [5.41, 5.74) is 1.80. The van der Waals surface area contributed by atoms with Crippen LogP contribution in [-0.2, 0) is 16.1 Å². The number of carbonyl (C=O) groups is 1. The molecule has 0 spiro atoms. The highest BCUT2D eigenvalue weighted by Crippen LogP contribution is 2.18. The minimum Gasteiger partial charge on any atom is -0.377 e. The summed E-state index contributed by atoms with van der Waals surface area (Å²) in [4.78, 5) is 32.7. The predicted molar refractivity (Wildman–Crippen MR) is 106 cm³/mol. The number of fused-ring (bicyclic) bond motifs is 1. The van der Waals surface area contributed by atoms with Crippen molar-refractivity contribution in [1.29, 1.82) is 0 Å². The Morgan fingerprint density at radius 3 is 2.96 bits per heavy atom. The molecule has 0 radical (unpaired) electrons. The number of H-pyrrole nitrogens is 2. The third-order valence-corrected chi connectivity index (χ3v) is 5.47. The van der Waals surface area contributed by atoms with Crippen molar-refractivity contribution in [2.75, 3.05) is 25.0 Å². The molecule has 27 heavy (non-hydrogen) atoms. The molecule has 142 valence electrons. The van der Waals surface area contributed by atoms with Crippen LogP contribution in [-0.4, -0.2) is 46.6 Å². The lowest BCUT2D eigenvalue weighted by Gasteiger charge is -2.24. The van der Waals surface area contributed by atoms with Crippen LogP contribution in [0.4, 0.5) is 5.69 Å². The monoisotopic (exact) mass is 386 g/mol. The third kappa shape index (κ3) is 4.65. The molecule has 1 saturated heterocycles. The molecule has 3 N–H and O–H groups in total. The lowest BCUT2D eigenvalue weighted by molar-refractivity contribution is -0.117. The fourth-order valence-corrected chi connectivity index (χ4v) is 4.14. The Hall–Kier alpha value is -2.42. The summed E-state index contributed by atoms with van der Waals surface area (Å²) < 4.78 is 5.75. The molecule has 1 aliphatic rings. The minimum absolute atomic E-state index is 0.0817. The second kappa shape index (κ2) is 8.08. The number of hydrogen-bond donors (Lipinski definition) is 3. The molecular formula is C19H22N4O3S. The van der Waals surface area contributed by atoms with E-state index in [1.807, 2.05) is 11.4 Å². The SMILES string of the molecule is O=C(CN(Cc1cccs1)C[C@@H]1CCCO1)Nc1ccc2[nH]c(=O)[nH]c2c1. The van der Waals surface area contributed by atoms with Gasteiger partial charge in [-0.2, -0.15) is 0 Å². The summed E-state index contributed by atoms with van der Waals surface area (Å²) in [6, 6.07) is 9.43. The summed E-state index contributed by atoms with van der Waals surface area (Å²) in [6.07, 6.45) is 2.32. The number of nitrogens with zero attached hydrogens (tertiary/aromatic N) is 1. The van der Waals surface area contributed by atoms with Crippen LogP contribution >= 0.6 is 11.3 Å². The van der Waals surface area contributed by atoms with Crippen molar-refractivity contribution in [2.45, 2.75) is 25.5 Å². The van der Waals surface area contributed by atoms with Crippen molar-refractivity contribution in [3.05, 3.63) is 51.1 Å². The van der Waals surface area contributed by atoms with E-state index in [0.29, 0.717) is 17.7 Å². The molecule has 4 rings (SSSR count). The first-order valence-corrected chi connectivity index (χ1v) is 9.92. The van der Waals surface area contributed by atoms with Gasteiger partial charge in [0.05, 0.1) is 23.7 Å². The van der Waals surface area contributed by atoms with Crippen LogP contribution in [0.5, 0.6) is 0 Å². The number of thiophene rings is 1. The summed E-state index contributed by atoms with van der Waals surface area (Å²) in [7, 11) is 0. The van der Waals surface area contributed by atoms with Crippen molar-refractivity contribution in [2.24, 2.45) is 0 Å². The minimum atomic E-state index is -0.257. The number of ether oxygens (including phenoxy) is 1. The normalized spacial score (nSPS) is 17.0. The quantitative estimate of drug-likeness (QED) is 0.582. The van der Waals surface area contributed by atoms with Gasteiger partial charge in [-0.1, -0.05) is 6.07 Å². The Labute approximate surface area is 160 Å². The van der Waals surface area contributed by atoms with E-state index >= 15 is 0 Å². The molecular weight excluding hydrogens is 364 g/mol. The van der Waals surface area contributed by atoms with Gasteiger partial charge in [0, 0.05) is 30.3 Å². The predicted octanol–water partition coefficient (Wildman–Crippen LogP) is 2.54. The first-order chi connectivity index (χ1) is 13.2. The lowest BCUT2D eigenvalue weighted by Crippen LogP contribution is -2.37. The number of aromatic amines is 2. The van der Waals surface area contributed by atoms with Crippen LogP contribution in [0.25, 0.3) is 11.0 Å². The zero-order chi connectivity index (χ0) is 18.6. The maximum atomic E-state index is 12.6. The van der Waals surface area contributed by atoms with Gasteiger partial charge in [-0.15, -0.1) is 11.3 Å². The molecule has 0 bridgehead atoms. The highest BCUT2D eigenvalue weighted by atomic mass is 32.1. The molecule has 1 atom stereocenters. The Bertz CT molecular complexity index is 957. The summed E-state index contributed by atoms with van der Waals surface area (Å²) in [5, 5.41) is 4.97. The topological polar surface area (TPSA) is 90.2 Å². The van der Waals surface area contributed by atoms with E-state index < -0.39 is 0 Å². The van der Waals surface area contributed by atoms with E-state index in [-0.39, 0.29) is 17.7 Å². The molecule has 3 heterocycles. The van der Waals surface area contributed by atoms with E-state index in [4.69, 9.17) is 4.74 Å². The number of amides is 1. The molecule has 1 aliphatic heterocycles. The number of rotatable bonds is 7. The molecule has 1 aromatic carbocycles. The van der Waals surface area contributed by atoms with Gasteiger partial charge in [-0.05, 0) is 42.5 Å². The maximum absolute atomic E-state index is 12.6. The molecule has 1 fully saturated rings. The summed E-state index contributed by atoms with van der Waals surface area (Å²) in [5.74, 6) is -0.0817. The van der Waals surface area contributed by atoms with Crippen LogP contribution in [0.1, 0.15) is 17.7 Å². The third-order valence-electron chi connectivity index (χ3n) is 4.61. The molecule has 2 aromatic heterocycles. The van der Waals surface area contributed by atoms with E-state index in [0.717, 1.165) is 38.1 Å². The first-order valence-electron chi connectivity index (χ1n) is 9.04. The van der Waals surface area contributed by atoms with Crippen LogP contribution in [0.3, 0.4) is 0 Å². The highest BCUT2D eigenvalue weighted by Gasteiger charge is 2.21. The van der Waals surface area contributed by atoms with E-state index in [1.54, 1.807) is 29.5 Å². The fraction of sp³-hybridized carbons (Fsp3) is 0.368. The van der Waals surface area contributed by atoms with Crippen LogP contribution < -0.4 is 11.0 Å². The van der Waals surface area contributed by atoms with Gasteiger partial charge >= 0.3 is 5.69 Å². The Morgan fingerprint density at radius 1 is 1.30 bits per heavy atom. The number of imidazole rings is 1. The van der Waals surface area contributed by atoms with Gasteiger partial charge in [-0.3, -0.25) is 9.69 Å². The van der Waals surface area contributed by atoms with Gasteiger partial charge in [-0.25, -0.2) is 4.79 Å². The molecule has 8 heteroatoms. The Balaban J connectivity index is 1.41. The van der Waals surface area contributed by atoms with Crippen molar-refractivity contribution < 1.29 is 9.53 Å². The van der Waals surface area contributed by atoms with Crippen molar-refractivity contribution in [3.8, 4) is 0 Å². The number of carbonyl (C=O) groups excluding carboxylic acids is 1. The van der Waals surface area contributed by atoms with Crippen molar-refractivity contribution in [3.63, 3.8) is 0 Å². The fourth-order valence-electron chi connectivity index (χ4n) is 3.40. The average molecular weight is 386 g/mol. The lowest BCUT2D eigenvalue weighted by atomic mass is 10.2. The second-order valence-electron chi connectivity index (χ2n) is 6.77. The van der Waals surface area contributed by atoms with Gasteiger partial charge in [0.1, 0.15) is 0 Å². The van der Waals surface area contributed by atoms with Crippen LogP contribution in [0, 0.1) is 0 Å². The van der Waals surface area contributed by atoms with Crippen molar-refractivity contribution in [1.82, 2.24) is 14.9 Å². The summed E-state index contributed by atoms with van der Waals surface area (Å²) >= 11 is 1.69. The number of nitrogens with one attached hydrogen (secondary N) is 3. The summed E-state index contributed by atoms with van der Waals surface area (Å²) in [6.45, 7) is 2.57. The number of anilines is 1.